The van der Waals surface area contributed by atoms with E-state index in [1.54, 1.807) is 4.90 Å². The number of carbonyl (C=O) groups is 1. The molecule has 1 aromatic carbocycles. The van der Waals surface area contributed by atoms with Crippen LogP contribution in [0.25, 0.3) is 0 Å². The third-order valence-corrected chi connectivity index (χ3v) is 6.89. The molecular formula is C19H22F3N3O4S2. The van der Waals surface area contributed by atoms with Crippen LogP contribution in [-0.2, 0) is 16.0 Å². The van der Waals surface area contributed by atoms with Crippen molar-refractivity contribution >= 4 is 32.2 Å². The molecule has 3 rings (SSSR count). The fourth-order valence-electron chi connectivity index (χ4n) is 3.06. The molecule has 1 amide bonds. The minimum Gasteiger partial charge on any atom is -0.493 e. The molecule has 2 heterocycles. The lowest BCUT2D eigenvalue weighted by molar-refractivity contribution is -0.134. The van der Waals surface area contributed by atoms with E-state index in [1.807, 2.05) is 6.92 Å². The summed E-state index contributed by atoms with van der Waals surface area (Å²) in [6, 6.07) is 4.19. The van der Waals surface area contributed by atoms with Crippen LogP contribution in [0, 0.1) is 0 Å². The van der Waals surface area contributed by atoms with E-state index < -0.39 is 20.9 Å². The number of aromatic nitrogens is 1. The van der Waals surface area contributed by atoms with Crippen LogP contribution in [0.2, 0.25) is 0 Å². The first-order valence-electron chi connectivity index (χ1n) is 9.55. The zero-order chi connectivity index (χ0) is 22.8. The van der Waals surface area contributed by atoms with Gasteiger partial charge in [-0.2, -0.15) is 13.2 Å². The van der Waals surface area contributed by atoms with E-state index >= 15 is 0 Å². The highest BCUT2D eigenvalue weighted by Crippen LogP contribution is 2.36. The Kier molecular flexibility index (Phi) is 6.79. The predicted octanol–water partition coefficient (Wildman–Crippen LogP) is 3.32. The van der Waals surface area contributed by atoms with Crippen LogP contribution in [0.5, 0.6) is 5.75 Å². The Morgan fingerprint density at radius 1 is 1.23 bits per heavy atom. The van der Waals surface area contributed by atoms with Crippen molar-refractivity contribution < 1.29 is 31.1 Å². The Bertz CT molecular complexity index is 1050. The number of piperazine rings is 1. The Hall–Kier alpha value is -2.34. The highest BCUT2D eigenvalue weighted by Gasteiger charge is 2.34. The van der Waals surface area contributed by atoms with Crippen molar-refractivity contribution in [2.45, 2.75) is 24.4 Å². The second-order valence-corrected chi connectivity index (χ2v) is 10.1. The second-order valence-electron chi connectivity index (χ2n) is 7.06. The second kappa shape index (κ2) is 9.03. The molecule has 0 N–H and O–H groups in total. The molecule has 1 aromatic heterocycles. The number of thiazole rings is 1. The molecule has 31 heavy (non-hydrogen) atoms. The molecule has 1 aliphatic heterocycles. The number of ether oxygens (including phenoxy) is 1. The summed E-state index contributed by atoms with van der Waals surface area (Å²) in [5.74, 6) is -0.0807. The maximum absolute atomic E-state index is 13.1. The van der Waals surface area contributed by atoms with Crippen molar-refractivity contribution in [3.63, 3.8) is 0 Å². The van der Waals surface area contributed by atoms with E-state index in [2.05, 4.69) is 4.98 Å². The summed E-state index contributed by atoms with van der Waals surface area (Å²) >= 11 is 0.568. The van der Waals surface area contributed by atoms with Crippen LogP contribution in [0.4, 0.5) is 18.3 Å². The molecule has 0 radical (unpaired) electrons. The van der Waals surface area contributed by atoms with Crippen LogP contribution >= 0.6 is 11.3 Å². The molecule has 7 nitrogen and oxygen atoms in total. The Labute approximate surface area is 182 Å². The Balaban J connectivity index is 1.76. The van der Waals surface area contributed by atoms with Crippen LogP contribution in [0.15, 0.2) is 29.3 Å². The van der Waals surface area contributed by atoms with Gasteiger partial charge >= 0.3 is 6.18 Å². The standard InChI is InChI=1S/C19H22F3N3O4S2/c1-3-10-29-15-5-4-13(31(2,27)28)11-14(15)17(26)24-6-8-25(9-7-24)18-23-12-16(30-18)19(20,21)22/h4-5,11-12H,3,6-10H2,1-2H3. The van der Waals surface area contributed by atoms with Crippen molar-refractivity contribution in [3.8, 4) is 5.75 Å². The molecule has 2 aromatic rings. The minimum atomic E-state index is -4.44. The molecule has 12 heteroatoms. The largest absolute Gasteiger partial charge is 0.493 e. The molecule has 1 saturated heterocycles. The van der Waals surface area contributed by atoms with Crippen molar-refractivity contribution in [3.05, 3.63) is 34.8 Å². The summed E-state index contributed by atoms with van der Waals surface area (Å²) in [6.45, 7) is 3.43. The molecular weight excluding hydrogens is 455 g/mol. The quantitative estimate of drug-likeness (QED) is 0.635. The van der Waals surface area contributed by atoms with Crippen molar-refractivity contribution in [1.29, 1.82) is 0 Å². The number of amides is 1. The van der Waals surface area contributed by atoms with Crippen LogP contribution in [0.1, 0.15) is 28.6 Å². The number of sulfone groups is 1. The SMILES string of the molecule is CCCOc1ccc(S(C)(=O)=O)cc1C(=O)N1CCN(c2ncc(C(F)(F)F)s2)CC1. The number of hydrogen-bond acceptors (Lipinski definition) is 7. The lowest BCUT2D eigenvalue weighted by Crippen LogP contribution is -2.48. The molecule has 0 aliphatic carbocycles. The van der Waals surface area contributed by atoms with Gasteiger partial charge in [-0.1, -0.05) is 18.3 Å². The number of benzene rings is 1. The highest BCUT2D eigenvalue weighted by atomic mass is 32.2. The van der Waals surface area contributed by atoms with E-state index in [-0.39, 0.29) is 34.6 Å². The average molecular weight is 478 g/mol. The van der Waals surface area contributed by atoms with Gasteiger partial charge in [-0.25, -0.2) is 13.4 Å². The lowest BCUT2D eigenvalue weighted by Gasteiger charge is -2.34. The van der Waals surface area contributed by atoms with E-state index in [1.165, 1.54) is 23.1 Å². The number of halogens is 3. The zero-order valence-corrected chi connectivity index (χ0v) is 18.6. The summed E-state index contributed by atoms with van der Waals surface area (Å²) in [5, 5.41) is 0.255. The fraction of sp³-hybridized carbons (Fsp3) is 0.474. The van der Waals surface area contributed by atoms with Crippen LogP contribution in [-0.4, -0.2) is 63.3 Å². The fourth-order valence-corrected chi connectivity index (χ4v) is 4.54. The summed E-state index contributed by atoms with van der Waals surface area (Å²) in [7, 11) is -3.51. The first-order valence-corrected chi connectivity index (χ1v) is 12.3. The first-order chi connectivity index (χ1) is 14.5. The predicted molar refractivity (Wildman–Crippen MR) is 111 cm³/mol. The summed E-state index contributed by atoms with van der Waals surface area (Å²) < 4.78 is 67.9. The van der Waals surface area contributed by atoms with Gasteiger partial charge in [0.1, 0.15) is 10.6 Å². The van der Waals surface area contributed by atoms with Crippen molar-refractivity contribution in [2.75, 3.05) is 43.9 Å². The minimum absolute atomic E-state index is 0.0146. The molecule has 170 valence electrons. The average Bonchev–Trinajstić information content (AvgIpc) is 3.22. The van der Waals surface area contributed by atoms with Gasteiger partial charge in [-0.3, -0.25) is 4.79 Å². The van der Waals surface area contributed by atoms with Crippen LogP contribution in [0.3, 0.4) is 0 Å². The summed E-state index contributed by atoms with van der Waals surface area (Å²) in [5.41, 5.74) is 0.151. The highest BCUT2D eigenvalue weighted by molar-refractivity contribution is 7.90. The molecule has 0 saturated carbocycles. The van der Waals surface area contributed by atoms with Gasteiger partial charge in [0.15, 0.2) is 15.0 Å². The molecule has 0 bridgehead atoms. The van der Waals surface area contributed by atoms with E-state index in [0.717, 1.165) is 12.5 Å². The van der Waals surface area contributed by atoms with Gasteiger partial charge in [-0.05, 0) is 24.6 Å². The Morgan fingerprint density at radius 2 is 1.90 bits per heavy atom. The number of nitrogens with zero attached hydrogens (tertiary/aromatic N) is 3. The zero-order valence-electron chi connectivity index (χ0n) is 17.0. The number of hydrogen-bond donors (Lipinski definition) is 0. The van der Waals surface area contributed by atoms with Gasteiger partial charge in [-0.15, -0.1) is 0 Å². The number of rotatable bonds is 6. The molecule has 0 atom stereocenters. The third kappa shape index (κ3) is 5.48. The van der Waals surface area contributed by atoms with Crippen LogP contribution < -0.4 is 9.64 Å². The van der Waals surface area contributed by atoms with Gasteiger partial charge < -0.3 is 14.5 Å². The first kappa shape index (κ1) is 23.3. The summed E-state index contributed by atoms with van der Waals surface area (Å²) in [4.78, 5) is 19.5. The monoisotopic (exact) mass is 477 g/mol. The topological polar surface area (TPSA) is 79.8 Å². The normalized spacial score (nSPS) is 15.3. The number of alkyl halides is 3. The summed E-state index contributed by atoms with van der Waals surface area (Å²) in [6.07, 6.45) is -1.85. The van der Waals surface area contributed by atoms with E-state index in [9.17, 15) is 26.4 Å². The molecule has 1 aliphatic rings. The smallest absolute Gasteiger partial charge is 0.427 e. The number of carbonyl (C=O) groups excluding carboxylic acids is 1. The third-order valence-electron chi connectivity index (χ3n) is 4.68. The molecule has 0 spiro atoms. The van der Waals surface area contributed by atoms with Gasteiger partial charge in [0.25, 0.3) is 5.91 Å². The maximum atomic E-state index is 13.1. The van der Waals surface area contributed by atoms with Gasteiger partial charge in [0, 0.05) is 32.4 Å². The maximum Gasteiger partial charge on any atom is 0.427 e. The van der Waals surface area contributed by atoms with Crippen molar-refractivity contribution in [1.82, 2.24) is 9.88 Å². The lowest BCUT2D eigenvalue weighted by atomic mass is 10.1. The van der Waals surface area contributed by atoms with Gasteiger partial charge in [0.2, 0.25) is 0 Å². The molecule has 0 unspecified atom stereocenters. The van der Waals surface area contributed by atoms with Gasteiger partial charge in [0.05, 0.1) is 23.3 Å². The van der Waals surface area contributed by atoms with Crippen molar-refractivity contribution in [2.24, 2.45) is 0 Å². The number of anilines is 1. The van der Waals surface area contributed by atoms with E-state index in [0.29, 0.717) is 43.2 Å². The Morgan fingerprint density at radius 3 is 2.45 bits per heavy atom. The molecule has 1 fully saturated rings. The van der Waals surface area contributed by atoms with E-state index in [4.69, 9.17) is 4.74 Å².